The van der Waals surface area contributed by atoms with Gasteiger partial charge >= 0.3 is 0 Å². The third kappa shape index (κ3) is 1.90. The first-order valence-corrected chi connectivity index (χ1v) is 6.17. The van der Waals surface area contributed by atoms with Gasteiger partial charge in [0.1, 0.15) is 5.78 Å². The molecule has 84 valence electrons. The fourth-order valence-electron chi connectivity index (χ4n) is 2.67. The van der Waals surface area contributed by atoms with Crippen molar-refractivity contribution in [2.75, 3.05) is 6.54 Å². The number of rotatable bonds is 2. The topological polar surface area (TPSA) is 20.3 Å². The van der Waals surface area contributed by atoms with E-state index >= 15 is 0 Å². The van der Waals surface area contributed by atoms with Crippen LogP contribution in [0.3, 0.4) is 0 Å². The molecule has 0 N–H and O–H groups in total. The van der Waals surface area contributed by atoms with Crippen LogP contribution in [0.25, 0.3) is 0 Å². The van der Waals surface area contributed by atoms with Gasteiger partial charge in [-0.05, 0) is 18.4 Å². The maximum absolute atomic E-state index is 11.6. The number of Topliss-reactive ketones (excluding diaryl/α,β-unsaturated/α-hetero) is 1. The second-order valence-corrected chi connectivity index (χ2v) is 4.89. The molecule has 1 aromatic rings. The summed E-state index contributed by atoms with van der Waals surface area (Å²) in [6, 6.07) is 11.6. The number of carbonyl (C=O) groups excluding carboxylic acids is 1. The Morgan fingerprint density at radius 3 is 2.56 bits per heavy atom. The molecule has 1 aliphatic heterocycles. The number of likely N-dealkylation sites (tertiary alicyclic amines) is 1. The van der Waals surface area contributed by atoms with Crippen molar-refractivity contribution in [1.29, 1.82) is 0 Å². The Morgan fingerprint density at radius 2 is 1.88 bits per heavy atom. The summed E-state index contributed by atoms with van der Waals surface area (Å²) < 4.78 is 0. The minimum absolute atomic E-state index is 0.343. The largest absolute Gasteiger partial charge is 0.300 e. The van der Waals surface area contributed by atoms with Crippen LogP contribution in [-0.4, -0.2) is 23.3 Å². The molecule has 0 bridgehead atoms. The van der Waals surface area contributed by atoms with Gasteiger partial charge in [-0.3, -0.25) is 9.69 Å². The van der Waals surface area contributed by atoms with Crippen LogP contribution in [0.15, 0.2) is 30.3 Å². The number of piperidine rings is 1. The Hall–Kier alpha value is -1.15. The molecule has 1 saturated heterocycles. The Morgan fingerprint density at radius 1 is 1.12 bits per heavy atom. The molecule has 2 heteroatoms. The van der Waals surface area contributed by atoms with E-state index in [1.807, 2.05) is 6.07 Å². The Kier molecular flexibility index (Phi) is 2.52. The van der Waals surface area contributed by atoms with Gasteiger partial charge in [0.2, 0.25) is 0 Å². The van der Waals surface area contributed by atoms with E-state index in [-0.39, 0.29) is 0 Å². The molecular weight excluding hydrogens is 198 g/mol. The van der Waals surface area contributed by atoms with E-state index in [1.54, 1.807) is 0 Å². The van der Waals surface area contributed by atoms with Gasteiger partial charge in [0.05, 0.1) is 0 Å². The van der Waals surface area contributed by atoms with Gasteiger partial charge in [-0.25, -0.2) is 0 Å². The predicted molar refractivity (Wildman–Crippen MR) is 63.2 cm³/mol. The third-order valence-electron chi connectivity index (χ3n) is 3.67. The van der Waals surface area contributed by atoms with E-state index in [0.717, 1.165) is 19.0 Å². The predicted octanol–water partition coefficient (Wildman–Crippen LogP) is 2.56. The zero-order valence-electron chi connectivity index (χ0n) is 9.43. The van der Waals surface area contributed by atoms with Crippen LogP contribution in [-0.2, 0) is 4.79 Å². The van der Waals surface area contributed by atoms with Gasteiger partial charge in [-0.15, -0.1) is 0 Å². The van der Waals surface area contributed by atoms with Gasteiger partial charge in [0.25, 0.3) is 0 Å². The molecule has 0 radical (unpaired) electrons. The van der Waals surface area contributed by atoms with E-state index in [0.29, 0.717) is 18.2 Å². The number of benzene rings is 1. The second kappa shape index (κ2) is 4.02. The van der Waals surface area contributed by atoms with Crippen molar-refractivity contribution >= 4 is 5.78 Å². The summed E-state index contributed by atoms with van der Waals surface area (Å²) in [5, 5.41) is 0. The molecule has 0 unspecified atom stereocenters. The van der Waals surface area contributed by atoms with Gasteiger partial charge in [0, 0.05) is 31.5 Å². The third-order valence-corrected chi connectivity index (χ3v) is 3.67. The average Bonchev–Trinajstić information content (AvgIpc) is 3.14. The van der Waals surface area contributed by atoms with Crippen LogP contribution >= 0.6 is 0 Å². The number of nitrogens with zero attached hydrogens (tertiary/aromatic N) is 1. The van der Waals surface area contributed by atoms with Crippen molar-refractivity contribution in [3.8, 4) is 0 Å². The van der Waals surface area contributed by atoms with E-state index in [9.17, 15) is 4.79 Å². The standard InChI is InChI=1S/C14H17NO/c16-13-8-9-15(12-6-7-12)14(10-13)11-4-2-1-3-5-11/h1-5,12,14H,6-10H2/t14-/m0/s1. The molecule has 1 heterocycles. The number of hydrogen-bond donors (Lipinski definition) is 0. The SMILES string of the molecule is O=C1CCN(C2CC2)[C@H](c2ccccc2)C1. The van der Waals surface area contributed by atoms with Gasteiger partial charge in [-0.2, -0.15) is 0 Å². The highest BCUT2D eigenvalue weighted by Gasteiger charge is 2.37. The molecule has 2 aliphatic rings. The van der Waals surface area contributed by atoms with Crippen LogP contribution in [0.4, 0.5) is 0 Å². The van der Waals surface area contributed by atoms with E-state index in [2.05, 4.69) is 29.2 Å². The maximum atomic E-state index is 11.6. The van der Waals surface area contributed by atoms with E-state index < -0.39 is 0 Å². The number of ketones is 1. The lowest BCUT2D eigenvalue weighted by Gasteiger charge is -2.35. The highest BCUT2D eigenvalue weighted by molar-refractivity contribution is 5.80. The molecule has 2 fully saturated rings. The fourth-order valence-corrected chi connectivity index (χ4v) is 2.67. The summed E-state index contributed by atoms with van der Waals surface area (Å²) in [6.07, 6.45) is 4.09. The summed E-state index contributed by atoms with van der Waals surface area (Å²) in [7, 11) is 0. The first-order valence-electron chi connectivity index (χ1n) is 6.17. The molecule has 1 saturated carbocycles. The first kappa shape index (κ1) is 10.0. The fraction of sp³-hybridized carbons (Fsp3) is 0.500. The van der Waals surface area contributed by atoms with Crippen LogP contribution in [0, 0.1) is 0 Å². The Bertz CT molecular complexity index is 383. The molecule has 1 aliphatic carbocycles. The van der Waals surface area contributed by atoms with Crippen molar-refractivity contribution in [1.82, 2.24) is 4.90 Å². The zero-order valence-corrected chi connectivity index (χ0v) is 9.43. The Balaban J connectivity index is 1.86. The average molecular weight is 215 g/mol. The quantitative estimate of drug-likeness (QED) is 0.755. The lowest BCUT2D eigenvalue weighted by molar-refractivity contribution is -0.123. The Labute approximate surface area is 96.3 Å². The normalized spacial score (nSPS) is 27.0. The summed E-state index contributed by atoms with van der Waals surface area (Å²) in [5.74, 6) is 0.422. The smallest absolute Gasteiger partial charge is 0.136 e. The van der Waals surface area contributed by atoms with Crippen molar-refractivity contribution in [2.45, 2.75) is 37.8 Å². The second-order valence-electron chi connectivity index (χ2n) is 4.89. The summed E-state index contributed by atoms with van der Waals surface area (Å²) in [6.45, 7) is 0.961. The molecule has 1 aromatic carbocycles. The molecule has 2 nitrogen and oxygen atoms in total. The molecule has 16 heavy (non-hydrogen) atoms. The van der Waals surface area contributed by atoms with Gasteiger partial charge < -0.3 is 0 Å². The van der Waals surface area contributed by atoms with E-state index in [4.69, 9.17) is 0 Å². The van der Waals surface area contributed by atoms with Gasteiger partial charge in [-0.1, -0.05) is 30.3 Å². The maximum Gasteiger partial charge on any atom is 0.136 e. The number of carbonyl (C=O) groups is 1. The monoisotopic (exact) mass is 215 g/mol. The van der Waals surface area contributed by atoms with Gasteiger partial charge in [0.15, 0.2) is 0 Å². The highest BCUT2D eigenvalue weighted by atomic mass is 16.1. The molecule has 1 atom stereocenters. The van der Waals surface area contributed by atoms with Crippen LogP contribution < -0.4 is 0 Å². The molecular formula is C14H17NO. The summed E-state index contributed by atoms with van der Waals surface area (Å²) >= 11 is 0. The lowest BCUT2D eigenvalue weighted by atomic mass is 9.94. The van der Waals surface area contributed by atoms with Crippen molar-refractivity contribution in [3.05, 3.63) is 35.9 Å². The van der Waals surface area contributed by atoms with Crippen LogP contribution in [0.1, 0.15) is 37.3 Å². The van der Waals surface area contributed by atoms with Crippen LogP contribution in [0.5, 0.6) is 0 Å². The van der Waals surface area contributed by atoms with E-state index in [1.165, 1.54) is 18.4 Å². The number of hydrogen-bond acceptors (Lipinski definition) is 2. The van der Waals surface area contributed by atoms with Crippen molar-refractivity contribution in [3.63, 3.8) is 0 Å². The molecule has 0 aromatic heterocycles. The molecule has 0 amide bonds. The molecule has 0 spiro atoms. The zero-order chi connectivity index (χ0) is 11.0. The van der Waals surface area contributed by atoms with Crippen LogP contribution in [0.2, 0.25) is 0 Å². The van der Waals surface area contributed by atoms with Crippen molar-refractivity contribution < 1.29 is 4.79 Å². The summed E-state index contributed by atoms with van der Waals surface area (Å²) in [5.41, 5.74) is 1.31. The minimum atomic E-state index is 0.343. The highest BCUT2D eigenvalue weighted by Crippen LogP contribution is 2.38. The minimum Gasteiger partial charge on any atom is -0.300 e. The first-order chi connectivity index (χ1) is 7.84. The summed E-state index contributed by atoms with van der Waals surface area (Å²) in [4.78, 5) is 14.1. The lowest BCUT2D eigenvalue weighted by Crippen LogP contribution is -2.38. The molecule has 3 rings (SSSR count). The van der Waals surface area contributed by atoms with Crippen molar-refractivity contribution in [2.24, 2.45) is 0 Å².